The molecule has 1 amide bonds. The van der Waals surface area contributed by atoms with Crippen LogP contribution < -0.4 is 10.0 Å². The number of ether oxygens (including phenoxy) is 1. The SMILES string of the molecule is CSCCC(NS(=O)(=O)c1ccc(C)cc1)C(=O)NCCCOC1CCCCC1. The minimum absolute atomic E-state index is 0.172. The highest BCUT2D eigenvalue weighted by atomic mass is 32.2. The summed E-state index contributed by atoms with van der Waals surface area (Å²) in [6.07, 6.45) is 9.49. The van der Waals surface area contributed by atoms with Gasteiger partial charge in [-0.2, -0.15) is 16.5 Å². The van der Waals surface area contributed by atoms with Crippen LogP contribution in [0.3, 0.4) is 0 Å². The first-order valence-corrected chi connectivity index (χ1v) is 13.3. The summed E-state index contributed by atoms with van der Waals surface area (Å²) in [5.74, 6) is 0.409. The minimum atomic E-state index is -3.75. The number of thioether (sulfide) groups is 1. The van der Waals surface area contributed by atoms with Crippen LogP contribution in [0.5, 0.6) is 0 Å². The smallest absolute Gasteiger partial charge is 0.241 e. The molecule has 1 aliphatic carbocycles. The quantitative estimate of drug-likeness (QED) is 0.486. The third-order valence-corrected chi connectivity index (χ3v) is 7.21. The van der Waals surface area contributed by atoms with E-state index in [1.165, 1.54) is 19.3 Å². The van der Waals surface area contributed by atoms with Gasteiger partial charge in [-0.25, -0.2) is 8.42 Å². The number of hydrogen-bond donors (Lipinski definition) is 2. The number of benzene rings is 1. The van der Waals surface area contributed by atoms with Crippen molar-refractivity contribution >= 4 is 27.7 Å². The van der Waals surface area contributed by atoms with E-state index >= 15 is 0 Å². The lowest BCUT2D eigenvalue weighted by Gasteiger charge is -2.22. The van der Waals surface area contributed by atoms with Gasteiger partial charge >= 0.3 is 0 Å². The normalized spacial score (nSPS) is 16.5. The molecule has 6 nitrogen and oxygen atoms in total. The van der Waals surface area contributed by atoms with E-state index in [4.69, 9.17) is 4.74 Å². The highest BCUT2D eigenvalue weighted by Crippen LogP contribution is 2.20. The van der Waals surface area contributed by atoms with Crippen molar-refractivity contribution in [2.45, 2.75) is 68.9 Å². The molecule has 2 rings (SSSR count). The van der Waals surface area contributed by atoms with Crippen molar-refractivity contribution in [1.82, 2.24) is 10.0 Å². The van der Waals surface area contributed by atoms with Crippen LogP contribution in [0.1, 0.15) is 50.5 Å². The Balaban J connectivity index is 1.82. The van der Waals surface area contributed by atoms with Crippen molar-refractivity contribution in [3.05, 3.63) is 29.8 Å². The Hall–Kier alpha value is -1.09. The van der Waals surface area contributed by atoms with Gasteiger partial charge in [0.25, 0.3) is 0 Å². The standard InChI is InChI=1S/C21H34N2O4S2/c1-17-9-11-19(12-10-17)29(25,26)23-20(13-16-28-2)21(24)22-14-6-15-27-18-7-4-3-5-8-18/h9-12,18,20,23H,3-8,13-16H2,1-2H3,(H,22,24). The Labute approximate surface area is 179 Å². The number of sulfonamides is 1. The fourth-order valence-electron chi connectivity index (χ4n) is 3.34. The topological polar surface area (TPSA) is 84.5 Å². The molecule has 0 heterocycles. The zero-order valence-corrected chi connectivity index (χ0v) is 19.1. The summed E-state index contributed by atoms with van der Waals surface area (Å²) in [6.45, 7) is 3.00. The van der Waals surface area contributed by atoms with Gasteiger partial charge in [-0.3, -0.25) is 4.79 Å². The van der Waals surface area contributed by atoms with Gasteiger partial charge in [0, 0.05) is 13.2 Å². The third kappa shape index (κ3) is 8.66. The van der Waals surface area contributed by atoms with Crippen molar-refractivity contribution in [1.29, 1.82) is 0 Å². The second kappa shape index (κ2) is 12.6. The van der Waals surface area contributed by atoms with Crippen LogP contribution in [0.15, 0.2) is 29.2 Å². The van der Waals surface area contributed by atoms with E-state index in [1.807, 2.05) is 13.2 Å². The van der Waals surface area contributed by atoms with E-state index in [-0.39, 0.29) is 10.8 Å². The molecule has 0 radical (unpaired) electrons. The molecule has 164 valence electrons. The largest absolute Gasteiger partial charge is 0.378 e. The summed E-state index contributed by atoms with van der Waals surface area (Å²) in [5.41, 5.74) is 0.982. The van der Waals surface area contributed by atoms with Crippen LogP contribution in [0.25, 0.3) is 0 Å². The summed E-state index contributed by atoms with van der Waals surface area (Å²) in [5, 5.41) is 2.86. The molecule has 1 aliphatic rings. The maximum atomic E-state index is 12.7. The molecular weight excluding hydrogens is 408 g/mol. The lowest BCUT2D eigenvalue weighted by molar-refractivity contribution is -0.122. The number of rotatable bonds is 12. The maximum absolute atomic E-state index is 12.7. The van der Waals surface area contributed by atoms with Crippen LogP contribution >= 0.6 is 11.8 Å². The average molecular weight is 443 g/mol. The van der Waals surface area contributed by atoms with Crippen molar-refractivity contribution in [2.75, 3.05) is 25.2 Å². The molecule has 1 aromatic carbocycles. The zero-order valence-electron chi connectivity index (χ0n) is 17.5. The maximum Gasteiger partial charge on any atom is 0.241 e. The Morgan fingerprint density at radius 2 is 1.90 bits per heavy atom. The molecule has 0 aromatic heterocycles. The molecule has 1 fully saturated rings. The molecule has 0 saturated heterocycles. The summed E-state index contributed by atoms with van der Waals surface area (Å²) >= 11 is 1.58. The highest BCUT2D eigenvalue weighted by molar-refractivity contribution is 7.98. The van der Waals surface area contributed by atoms with E-state index in [1.54, 1.807) is 36.0 Å². The first kappa shape index (κ1) is 24.2. The molecular formula is C21H34N2O4S2. The van der Waals surface area contributed by atoms with Gasteiger partial charge in [0.1, 0.15) is 6.04 Å². The zero-order chi connectivity index (χ0) is 21.1. The van der Waals surface area contributed by atoms with Crippen molar-refractivity contribution in [3.63, 3.8) is 0 Å². The van der Waals surface area contributed by atoms with Crippen molar-refractivity contribution < 1.29 is 17.9 Å². The van der Waals surface area contributed by atoms with Crippen LogP contribution in [0.4, 0.5) is 0 Å². The van der Waals surface area contributed by atoms with E-state index in [0.717, 1.165) is 24.8 Å². The Morgan fingerprint density at radius 3 is 2.55 bits per heavy atom. The van der Waals surface area contributed by atoms with Crippen molar-refractivity contribution in [3.8, 4) is 0 Å². The monoisotopic (exact) mass is 442 g/mol. The number of amides is 1. The second-order valence-corrected chi connectivity index (χ2v) is 10.2. The lowest BCUT2D eigenvalue weighted by Crippen LogP contribution is -2.47. The number of aryl methyl sites for hydroxylation is 1. The summed E-state index contributed by atoms with van der Waals surface area (Å²) in [4.78, 5) is 12.8. The van der Waals surface area contributed by atoms with E-state index in [2.05, 4.69) is 10.0 Å². The molecule has 0 spiro atoms. The van der Waals surface area contributed by atoms with Crippen LogP contribution in [0, 0.1) is 6.92 Å². The van der Waals surface area contributed by atoms with Gasteiger partial charge in [-0.15, -0.1) is 0 Å². The Morgan fingerprint density at radius 1 is 1.21 bits per heavy atom. The Bertz CT molecular complexity index is 717. The molecule has 0 bridgehead atoms. The molecule has 0 aliphatic heterocycles. The van der Waals surface area contributed by atoms with Crippen molar-refractivity contribution in [2.24, 2.45) is 0 Å². The fourth-order valence-corrected chi connectivity index (χ4v) is 5.04. The van der Waals surface area contributed by atoms with E-state index in [0.29, 0.717) is 31.4 Å². The van der Waals surface area contributed by atoms with Crippen LogP contribution in [0.2, 0.25) is 0 Å². The predicted octanol–water partition coefficient (Wildman–Crippen LogP) is 3.25. The molecule has 1 aromatic rings. The van der Waals surface area contributed by atoms with E-state index in [9.17, 15) is 13.2 Å². The third-order valence-electron chi connectivity index (χ3n) is 5.08. The number of carbonyl (C=O) groups is 1. The molecule has 2 N–H and O–H groups in total. The lowest BCUT2D eigenvalue weighted by atomic mass is 9.98. The molecule has 1 atom stereocenters. The van der Waals surface area contributed by atoms with Crippen LogP contribution in [-0.2, 0) is 19.6 Å². The highest BCUT2D eigenvalue weighted by Gasteiger charge is 2.25. The molecule has 8 heteroatoms. The van der Waals surface area contributed by atoms with Gasteiger partial charge in [-0.1, -0.05) is 37.0 Å². The van der Waals surface area contributed by atoms with Gasteiger partial charge in [0.15, 0.2) is 0 Å². The fraction of sp³-hybridized carbons (Fsp3) is 0.667. The van der Waals surface area contributed by atoms with Crippen LogP contribution in [-0.4, -0.2) is 51.6 Å². The Kier molecular flexibility index (Phi) is 10.5. The number of hydrogen-bond acceptors (Lipinski definition) is 5. The summed E-state index contributed by atoms with van der Waals surface area (Å²) in [6, 6.07) is 5.83. The first-order valence-electron chi connectivity index (χ1n) is 10.4. The summed E-state index contributed by atoms with van der Waals surface area (Å²) < 4.78 is 33.8. The molecule has 1 saturated carbocycles. The summed E-state index contributed by atoms with van der Waals surface area (Å²) in [7, 11) is -3.75. The van der Waals surface area contributed by atoms with Gasteiger partial charge < -0.3 is 10.1 Å². The predicted molar refractivity (Wildman–Crippen MR) is 119 cm³/mol. The minimum Gasteiger partial charge on any atom is -0.378 e. The molecule has 1 unspecified atom stereocenters. The van der Waals surface area contributed by atoms with Gasteiger partial charge in [0.05, 0.1) is 11.0 Å². The first-order chi connectivity index (χ1) is 13.9. The average Bonchev–Trinajstić information content (AvgIpc) is 2.71. The van der Waals surface area contributed by atoms with Gasteiger partial charge in [-0.05, 0) is 56.7 Å². The number of nitrogens with one attached hydrogen (secondary N) is 2. The second-order valence-electron chi connectivity index (χ2n) is 7.54. The number of carbonyl (C=O) groups excluding carboxylic acids is 1. The van der Waals surface area contributed by atoms with Gasteiger partial charge in [0.2, 0.25) is 15.9 Å². The molecule has 29 heavy (non-hydrogen) atoms. The van der Waals surface area contributed by atoms with E-state index < -0.39 is 16.1 Å².